The van der Waals surface area contributed by atoms with Crippen LogP contribution in [0.3, 0.4) is 0 Å². The van der Waals surface area contributed by atoms with Gasteiger partial charge in [0.2, 0.25) is 0 Å². The van der Waals surface area contributed by atoms with E-state index >= 15 is 0 Å². The van der Waals surface area contributed by atoms with Crippen molar-refractivity contribution in [1.82, 2.24) is 4.90 Å². The van der Waals surface area contributed by atoms with Crippen molar-refractivity contribution in [2.45, 2.75) is 26.3 Å². The lowest BCUT2D eigenvalue weighted by atomic mass is 10.1. The van der Waals surface area contributed by atoms with Gasteiger partial charge >= 0.3 is 0 Å². The molecule has 0 saturated heterocycles. The van der Waals surface area contributed by atoms with Crippen LogP contribution >= 0.6 is 11.6 Å². The van der Waals surface area contributed by atoms with Gasteiger partial charge in [-0.1, -0.05) is 31.5 Å². The van der Waals surface area contributed by atoms with Crippen LogP contribution in [0.4, 0.5) is 0 Å². The second-order valence-electron chi connectivity index (χ2n) is 4.02. The minimum Gasteiger partial charge on any atom is -0.302 e. The fourth-order valence-corrected chi connectivity index (χ4v) is 1.83. The van der Waals surface area contributed by atoms with E-state index in [-0.39, 0.29) is 5.24 Å². The number of benzene rings is 1. The Kier molecular flexibility index (Phi) is 5.50. The summed E-state index contributed by atoms with van der Waals surface area (Å²) in [4.78, 5) is 13.4. The Morgan fingerprint density at radius 1 is 1.38 bits per heavy atom. The third-order valence-electron chi connectivity index (χ3n) is 2.56. The molecule has 0 atom stereocenters. The molecule has 0 unspecified atom stereocenters. The average molecular weight is 240 g/mol. The highest BCUT2D eigenvalue weighted by atomic mass is 35.5. The fourth-order valence-electron chi connectivity index (χ4n) is 1.65. The maximum atomic E-state index is 11.2. The number of carbonyl (C=O) groups is 1. The molecule has 1 aromatic rings. The molecule has 0 aliphatic heterocycles. The Balaban J connectivity index is 2.69. The van der Waals surface area contributed by atoms with Crippen LogP contribution < -0.4 is 0 Å². The minimum atomic E-state index is -0.375. The van der Waals surface area contributed by atoms with Gasteiger partial charge < -0.3 is 4.90 Å². The molecule has 16 heavy (non-hydrogen) atoms. The molecule has 2 nitrogen and oxygen atoms in total. The van der Waals surface area contributed by atoms with Crippen molar-refractivity contribution in [3.63, 3.8) is 0 Å². The van der Waals surface area contributed by atoms with Crippen molar-refractivity contribution < 1.29 is 4.79 Å². The van der Waals surface area contributed by atoms with Crippen LogP contribution in [0.2, 0.25) is 0 Å². The highest BCUT2D eigenvalue weighted by molar-refractivity contribution is 6.67. The average Bonchev–Trinajstić information content (AvgIpc) is 2.27. The van der Waals surface area contributed by atoms with E-state index in [9.17, 15) is 4.79 Å². The van der Waals surface area contributed by atoms with Crippen molar-refractivity contribution in [3.8, 4) is 0 Å². The van der Waals surface area contributed by atoms with E-state index in [2.05, 4.69) is 18.9 Å². The van der Waals surface area contributed by atoms with E-state index in [1.165, 1.54) is 12.8 Å². The van der Waals surface area contributed by atoms with Crippen molar-refractivity contribution >= 4 is 16.8 Å². The summed E-state index contributed by atoms with van der Waals surface area (Å²) in [6, 6.07) is 7.51. The lowest BCUT2D eigenvalue weighted by molar-refractivity contribution is 0.107. The predicted octanol–water partition coefficient (Wildman–Crippen LogP) is 3.30. The van der Waals surface area contributed by atoms with Gasteiger partial charge in [-0.25, -0.2) is 0 Å². The smallest absolute Gasteiger partial charge is 0.252 e. The first-order valence-electron chi connectivity index (χ1n) is 5.61. The number of hydrogen-bond acceptors (Lipinski definition) is 2. The van der Waals surface area contributed by atoms with Gasteiger partial charge in [-0.3, -0.25) is 4.79 Å². The Hall–Kier alpha value is -0.860. The van der Waals surface area contributed by atoms with E-state index in [4.69, 9.17) is 11.6 Å². The Morgan fingerprint density at radius 3 is 2.69 bits per heavy atom. The van der Waals surface area contributed by atoms with E-state index < -0.39 is 0 Å². The van der Waals surface area contributed by atoms with Gasteiger partial charge in [0.05, 0.1) is 0 Å². The molecule has 1 rings (SSSR count). The van der Waals surface area contributed by atoms with Crippen LogP contribution in [-0.4, -0.2) is 23.7 Å². The number of halogens is 1. The third-order valence-corrected chi connectivity index (χ3v) is 2.77. The van der Waals surface area contributed by atoms with Crippen LogP contribution in [0.5, 0.6) is 0 Å². The van der Waals surface area contributed by atoms with Crippen molar-refractivity contribution in [2.75, 3.05) is 13.6 Å². The Morgan fingerprint density at radius 2 is 2.06 bits per heavy atom. The molecular formula is C13H18ClNO. The number of carbonyl (C=O) groups excluding carboxylic acids is 1. The molecule has 0 saturated carbocycles. The lowest BCUT2D eigenvalue weighted by Crippen LogP contribution is -2.20. The number of rotatable bonds is 6. The van der Waals surface area contributed by atoms with Crippen LogP contribution in [0.15, 0.2) is 24.3 Å². The van der Waals surface area contributed by atoms with Crippen molar-refractivity contribution in [1.29, 1.82) is 0 Å². The van der Waals surface area contributed by atoms with Gasteiger partial charge in [-0.15, -0.1) is 0 Å². The molecule has 0 bridgehead atoms. The lowest BCUT2D eigenvalue weighted by Gasteiger charge is -2.17. The molecule has 0 fully saturated rings. The maximum absolute atomic E-state index is 11.2. The SMILES string of the molecule is CCCCN(C)Cc1ccccc1C(=O)Cl. The molecular weight excluding hydrogens is 222 g/mol. The van der Waals surface area contributed by atoms with E-state index in [1.807, 2.05) is 18.2 Å². The first-order chi connectivity index (χ1) is 7.65. The second kappa shape index (κ2) is 6.66. The monoisotopic (exact) mass is 239 g/mol. The summed E-state index contributed by atoms with van der Waals surface area (Å²) in [5.41, 5.74) is 1.62. The molecule has 0 N–H and O–H groups in total. The zero-order valence-corrected chi connectivity index (χ0v) is 10.6. The molecule has 0 aliphatic rings. The Bertz CT molecular complexity index is 352. The summed E-state index contributed by atoms with van der Waals surface area (Å²) in [6.45, 7) is 3.99. The highest BCUT2D eigenvalue weighted by Gasteiger charge is 2.09. The molecule has 1 aromatic carbocycles. The Labute approximate surface area is 102 Å². The topological polar surface area (TPSA) is 20.3 Å². The zero-order valence-electron chi connectivity index (χ0n) is 9.87. The summed E-state index contributed by atoms with van der Waals surface area (Å²) in [6.07, 6.45) is 2.36. The third kappa shape index (κ3) is 3.95. The molecule has 3 heteroatoms. The van der Waals surface area contributed by atoms with Gasteiger partial charge in [-0.2, -0.15) is 0 Å². The van der Waals surface area contributed by atoms with Crippen LogP contribution in [-0.2, 0) is 6.54 Å². The zero-order chi connectivity index (χ0) is 12.0. The van der Waals surface area contributed by atoms with Gasteiger partial charge in [-0.05, 0) is 43.2 Å². The molecule has 88 valence electrons. The molecule has 0 aromatic heterocycles. The molecule has 0 heterocycles. The van der Waals surface area contributed by atoms with Crippen LogP contribution in [0.1, 0.15) is 35.7 Å². The summed E-state index contributed by atoms with van der Waals surface area (Å²) < 4.78 is 0. The molecule has 0 spiro atoms. The van der Waals surface area contributed by atoms with Crippen molar-refractivity contribution in [2.24, 2.45) is 0 Å². The molecule has 0 aliphatic carbocycles. The van der Waals surface area contributed by atoms with Gasteiger partial charge in [0, 0.05) is 12.1 Å². The van der Waals surface area contributed by atoms with Crippen molar-refractivity contribution in [3.05, 3.63) is 35.4 Å². The summed E-state index contributed by atoms with van der Waals surface area (Å²) in [7, 11) is 2.06. The van der Waals surface area contributed by atoms with E-state index in [0.717, 1.165) is 18.7 Å². The first kappa shape index (κ1) is 13.2. The fraction of sp³-hybridized carbons (Fsp3) is 0.462. The summed E-state index contributed by atoms with van der Waals surface area (Å²) in [5.74, 6) is 0. The molecule has 0 amide bonds. The number of hydrogen-bond donors (Lipinski definition) is 0. The van der Waals surface area contributed by atoms with Crippen LogP contribution in [0.25, 0.3) is 0 Å². The number of nitrogens with zero attached hydrogens (tertiary/aromatic N) is 1. The summed E-state index contributed by atoms with van der Waals surface area (Å²) in [5, 5.41) is -0.375. The predicted molar refractivity (Wildman–Crippen MR) is 67.9 cm³/mol. The standard InChI is InChI=1S/C13H18ClNO/c1-3-4-9-15(2)10-11-7-5-6-8-12(11)13(14)16/h5-8H,3-4,9-10H2,1-2H3. The van der Waals surface area contributed by atoms with Gasteiger partial charge in [0.25, 0.3) is 5.24 Å². The first-order valence-corrected chi connectivity index (χ1v) is 5.99. The summed E-state index contributed by atoms with van der Waals surface area (Å²) >= 11 is 5.54. The number of unbranched alkanes of at least 4 members (excludes halogenated alkanes) is 1. The van der Waals surface area contributed by atoms with Gasteiger partial charge in [0.1, 0.15) is 0 Å². The maximum Gasteiger partial charge on any atom is 0.252 e. The highest BCUT2D eigenvalue weighted by Crippen LogP contribution is 2.13. The van der Waals surface area contributed by atoms with Crippen LogP contribution in [0, 0.1) is 0 Å². The van der Waals surface area contributed by atoms with E-state index in [1.54, 1.807) is 6.07 Å². The largest absolute Gasteiger partial charge is 0.302 e. The second-order valence-corrected chi connectivity index (χ2v) is 4.37. The quantitative estimate of drug-likeness (QED) is 0.710. The molecule has 0 radical (unpaired) electrons. The normalized spacial score (nSPS) is 10.8. The van der Waals surface area contributed by atoms with Gasteiger partial charge in [0.15, 0.2) is 0 Å². The van der Waals surface area contributed by atoms with E-state index in [0.29, 0.717) is 5.56 Å². The minimum absolute atomic E-state index is 0.375.